The summed E-state index contributed by atoms with van der Waals surface area (Å²) >= 11 is 0. The summed E-state index contributed by atoms with van der Waals surface area (Å²) in [7, 11) is -10.2. The number of nitrogens with zero attached hydrogens (tertiary/aromatic N) is 12. The first-order valence-electron chi connectivity index (χ1n) is 53.5. The quantitative estimate of drug-likeness (QED) is 0.0513. The lowest BCUT2D eigenvalue weighted by Crippen LogP contribution is -2.48. The number of benzene rings is 10. The van der Waals surface area contributed by atoms with Crippen molar-refractivity contribution < 1.29 is 34.8 Å². The van der Waals surface area contributed by atoms with Gasteiger partial charge in [-0.3, -0.25) is 9.59 Å². The first-order chi connectivity index (χ1) is 69.8. The number of hydrogen-bond donors (Lipinski definition) is 3. The number of likely N-dealkylation sites (tertiary alicyclic amines) is 2. The van der Waals surface area contributed by atoms with Crippen LogP contribution in [0.25, 0.3) is 0 Å². The van der Waals surface area contributed by atoms with Crippen molar-refractivity contribution in [2.24, 2.45) is 29.6 Å². The summed E-state index contributed by atoms with van der Waals surface area (Å²) in [5.41, 5.74) is 21.3. The van der Waals surface area contributed by atoms with Gasteiger partial charge in [-0.25, -0.2) is 25.3 Å². The molecule has 10 unspecified atom stereocenters. The van der Waals surface area contributed by atoms with Gasteiger partial charge in [0.15, 0.2) is 0 Å². The number of fused-ring (bicyclic) bond motifs is 5. The van der Waals surface area contributed by atoms with Gasteiger partial charge in [-0.15, -0.1) is 0 Å². The van der Waals surface area contributed by atoms with Crippen LogP contribution in [-0.4, -0.2) is 279 Å². The van der Waals surface area contributed by atoms with E-state index in [1.54, 1.807) is 49.3 Å². The van der Waals surface area contributed by atoms with Crippen LogP contribution < -0.4 is 40.4 Å². The standard InChI is InChI=1S/C26H33N3O.C24H31N3O2S.C24H29N3O.2C22H27N3O2S/c1-2-27-19-23-18-26(23,20-27)22-9-11-24(12-10-22)28-14-16-29(17-15-28)25(30)13-8-21-6-4-3-5-7-21;1-3-25-17-21-16-24(21,18-25)20-6-8-22(9-7-20)26-12-14-27(15-13-26)30(28,29)23-10-4-19(2)5-11-23;28-23(11-6-19-4-2-1-3-5-19)27-14-12-26(13-15-27)22-9-7-20(8-10-22)24-16-21(24)17-25-18-24;2*1-17-2-8-21(9-3-17)28(26,27)25-12-10-24(11-13-25)20-6-4-18(5-7-20)22-14-19(22)15-23-16-22/h3-7,9-12,23H,2,8,13-20H2,1H3;4-11,21H,3,12-18H2,1-2H3;1-5,7-10,21,25H,6,11-18H2;2*2-9,19,23H,10-16H2,1H3. The summed E-state index contributed by atoms with van der Waals surface area (Å²) in [5.74, 6) is 4.75. The largest absolute Gasteiger partial charge is 0.369 e. The topological polar surface area (TPSA) is 212 Å². The van der Waals surface area contributed by atoms with Gasteiger partial charge in [0, 0.05) is 245 Å². The molecule has 26 heteroatoms. The Balaban J connectivity index is 0.000000106. The lowest BCUT2D eigenvalue weighted by atomic mass is 9.94. The molecule has 10 aliphatic heterocycles. The molecule has 10 atom stereocenters. The van der Waals surface area contributed by atoms with Crippen molar-refractivity contribution in [2.75, 3.05) is 234 Å². The van der Waals surface area contributed by atoms with Crippen LogP contribution in [0.4, 0.5) is 28.4 Å². The SMILES string of the molecule is CCN1CC2CC2(c2ccc(N3CCN(C(=O)CCc4ccccc4)CC3)cc2)C1.CCN1CC2CC2(c2ccc(N3CCN(S(=O)(=O)c4ccc(C)cc4)CC3)cc2)C1.Cc1ccc(S(=O)(=O)N2CCN(c3ccc(C45CNCC4C5)cc3)CC2)cc1.Cc1ccc(S(=O)(=O)N2CCN(c3ccc(C45CNCC4C5)cc3)CC2)cc1.O=C(CCc1ccccc1)N1CCN(c2ccc(C34CNCC3C4)cc2)CC1. The minimum absolute atomic E-state index is 0.284. The van der Waals surface area contributed by atoms with Crippen LogP contribution >= 0.6 is 0 Å². The summed E-state index contributed by atoms with van der Waals surface area (Å²) in [6.45, 7) is 39.0. The molecule has 2 amide bonds. The molecule has 760 valence electrons. The molecule has 0 radical (unpaired) electrons. The Morgan fingerprint density at radius 2 is 0.521 bits per heavy atom. The van der Waals surface area contributed by atoms with Crippen LogP contribution in [0.3, 0.4) is 0 Å². The number of piperidine rings is 5. The van der Waals surface area contributed by atoms with Gasteiger partial charge >= 0.3 is 0 Å². The number of aryl methyl sites for hydroxylation is 5. The minimum atomic E-state index is -3.41. The molecule has 5 saturated carbocycles. The number of likely N-dealkylation sites (N-methyl/N-ethyl adjacent to an activating group) is 2. The first kappa shape index (κ1) is 99.6. The summed E-state index contributed by atoms with van der Waals surface area (Å²) in [5, 5.41) is 10.5. The number of carbonyl (C=O) groups excluding carboxylic acids is 2. The molecule has 144 heavy (non-hydrogen) atoms. The Morgan fingerprint density at radius 1 is 0.285 bits per heavy atom. The van der Waals surface area contributed by atoms with Crippen LogP contribution in [0.15, 0.2) is 269 Å². The summed E-state index contributed by atoms with van der Waals surface area (Å²) in [4.78, 5) is 47.3. The van der Waals surface area contributed by atoms with Crippen molar-refractivity contribution in [1.29, 1.82) is 0 Å². The van der Waals surface area contributed by atoms with Crippen molar-refractivity contribution in [3.63, 3.8) is 0 Å². The van der Waals surface area contributed by atoms with Gasteiger partial charge in [0.1, 0.15) is 0 Å². The normalized spacial score (nSPS) is 26.9. The zero-order valence-electron chi connectivity index (χ0n) is 85.0. The van der Waals surface area contributed by atoms with Gasteiger partial charge < -0.3 is 60.0 Å². The molecule has 3 N–H and O–H groups in total. The first-order valence-corrected chi connectivity index (χ1v) is 57.8. The minimum Gasteiger partial charge on any atom is -0.369 e. The Labute approximate surface area is 855 Å². The van der Waals surface area contributed by atoms with Crippen LogP contribution in [0, 0.1) is 50.4 Å². The third-order valence-corrected chi connectivity index (χ3v) is 41.2. The average Bonchev–Trinajstić information content (AvgIpc) is 1.57. The predicted molar refractivity (Wildman–Crippen MR) is 578 cm³/mol. The van der Waals surface area contributed by atoms with Gasteiger partial charge in [-0.2, -0.15) is 12.9 Å². The maximum Gasteiger partial charge on any atom is 0.243 e. The fourth-order valence-electron chi connectivity index (χ4n) is 25.6. The van der Waals surface area contributed by atoms with Crippen molar-refractivity contribution >= 4 is 70.3 Å². The van der Waals surface area contributed by atoms with E-state index < -0.39 is 30.1 Å². The molecular formula is C118H147N15O8S3. The third-order valence-electron chi connectivity index (χ3n) is 35.5. The van der Waals surface area contributed by atoms with Crippen molar-refractivity contribution in [1.82, 2.24) is 48.5 Å². The van der Waals surface area contributed by atoms with Gasteiger partial charge in [0.05, 0.1) is 14.7 Å². The van der Waals surface area contributed by atoms with Crippen molar-refractivity contribution in [3.8, 4) is 0 Å². The molecular weight excluding hydrogens is 1850 g/mol. The fourth-order valence-corrected chi connectivity index (χ4v) is 29.9. The maximum atomic E-state index is 12.9. The smallest absolute Gasteiger partial charge is 0.243 e. The Morgan fingerprint density at radius 3 is 0.743 bits per heavy atom. The highest BCUT2D eigenvalue weighted by atomic mass is 32.2. The zero-order chi connectivity index (χ0) is 99.2. The number of piperazine rings is 5. The fraction of sp³-hybridized carbons (Fsp3) is 0.475. The second kappa shape index (κ2) is 41.8. The number of hydrogen-bond acceptors (Lipinski definition) is 18. The van der Waals surface area contributed by atoms with Crippen molar-refractivity contribution in [2.45, 2.75) is 134 Å². The number of carbonyl (C=O) groups is 2. The lowest BCUT2D eigenvalue weighted by Gasteiger charge is -2.36. The number of anilines is 5. The number of rotatable bonds is 24. The third kappa shape index (κ3) is 20.9. The molecule has 10 aromatic carbocycles. The van der Waals surface area contributed by atoms with Crippen molar-refractivity contribution in [3.05, 3.63) is 310 Å². The van der Waals surface area contributed by atoms with Gasteiger partial charge in [0.2, 0.25) is 41.9 Å². The predicted octanol–water partition coefficient (Wildman–Crippen LogP) is 14.2. The van der Waals surface area contributed by atoms with E-state index in [9.17, 15) is 34.8 Å². The monoisotopic (exact) mass is 2000 g/mol. The zero-order valence-corrected chi connectivity index (χ0v) is 87.4. The summed E-state index contributed by atoms with van der Waals surface area (Å²) < 4.78 is 82.2. The average molecular weight is 2000 g/mol. The van der Waals surface area contributed by atoms with E-state index in [4.69, 9.17) is 0 Å². The van der Waals surface area contributed by atoms with Gasteiger partial charge in [0.25, 0.3) is 0 Å². The number of sulfonamides is 3. The highest BCUT2D eigenvalue weighted by molar-refractivity contribution is 7.89. The van der Waals surface area contributed by atoms with Gasteiger partial charge in [-0.05, 0) is 264 Å². The van der Waals surface area contributed by atoms with Crippen LogP contribution in [0.2, 0.25) is 0 Å². The van der Waals surface area contributed by atoms with E-state index in [0.29, 0.717) is 93.9 Å². The second-order valence-corrected chi connectivity index (χ2v) is 49.7. The van der Waals surface area contributed by atoms with Crippen LogP contribution in [-0.2, 0) is 79.6 Å². The molecule has 15 aliphatic rings. The van der Waals surface area contributed by atoms with E-state index >= 15 is 0 Å². The molecule has 0 bridgehead atoms. The van der Waals surface area contributed by atoms with Crippen LogP contribution in [0.1, 0.15) is 114 Å². The second-order valence-electron chi connectivity index (χ2n) is 43.9. The molecule has 0 aromatic heterocycles. The van der Waals surface area contributed by atoms with Crippen LogP contribution in [0.5, 0.6) is 0 Å². The van der Waals surface area contributed by atoms with Gasteiger partial charge in [-0.1, -0.05) is 188 Å². The van der Waals surface area contributed by atoms with E-state index in [0.717, 1.165) is 190 Å². The highest BCUT2D eigenvalue weighted by Gasteiger charge is 2.63. The highest BCUT2D eigenvalue weighted by Crippen LogP contribution is 2.62. The Bertz CT molecular complexity index is 6300. The maximum absolute atomic E-state index is 12.9. The van der Waals surface area contributed by atoms with E-state index in [2.05, 4.69) is 210 Å². The Hall–Kier alpha value is -10.3. The summed E-state index contributed by atoms with van der Waals surface area (Å²) in [6.07, 6.45) is 9.56. The molecule has 0 spiro atoms. The number of amides is 2. The molecule has 10 heterocycles. The molecule has 10 saturated heterocycles. The van der Waals surface area contributed by atoms with E-state index in [1.807, 2.05) is 103 Å². The molecule has 5 aliphatic carbocycles. The number of nitrogens with one attached hydrogen (secondary N) is 3. The Kier molecular flexibility index (Phi) is 28.9. The summed E-state index contributed by atoms with van der Waals surface area (Å²) in [6, 6.07) is 87.6. The molecule has 23 nitrogen and oxygen atoms in total. The van der Waals surface area contributed by atoms with E-state index in [-0.39, 0.29) is 11.8 Å². The lowest BCUT2D eigenvalue weighted by molar-refractivity contribution is -0.132. The molecule has 25 rings (SSSR count). The van der Waals surface area contributed by atoms with E-state index in [1.165, 1.54) is 139 Å². The molecule has 10 aromatic rings. The molecule has 15 fully saturated rings.